The molecule has 0 atom stereocenters. The Hall–Kier alpha value is -3.38. The topological polar surface area (TPSA) is 71.6 Å². The molecule has 0 unspecified atom stereocenters. The van der Waals surface area contributed by atoms with Crippen LogP contribution in [0.4, 0.5) is 5.69 Å². The predicted molar refractivity (Wildman–Crippen MR) is 129 cm³/mol. The number of rotatable bonds is 3. The van der Waals surface area contributed by atoms with Crippen LogP contribution >= 0.6 is 0 Å². The average Bonchev–Trinajstić information content (AvgIpc) is 3.16. The van der Waals surface area contributed by atoms with Crippen molar-refractivity contribution < 1.29 is 9.59 Å². The average molecular weight is 443 g/mol. The normalized spacial score (nSPS) is 16.0. The van der Waals surface area contributed by atoms with Crippen molar-refractivity contribution in [1.82, 2.24) is 9.58 Å². The highest BCUT2D eigenvalue weighted by Crippen LogP contribution is 2.34. The van der Waals surface area contributed by atoms with Gasteiger partial charge in [-0.25, -0.2) is 5.84 Å². The van der Waals surface area contributed by atoms with Crippen LogP contribution in [0.25, 0.3) is 0 Å². The summed E-state index contributed by atoms with van der Waals surface area (Å²) in [6.45, 7) is 0.902. The number of carbonyl (C=O) groups is 2. The Bertz CT molecular complexity index is 1170. The highest BCUT2D eigenvalue weighted by atomic mass is 16.2. The standard InChI is InChI=1S/C27H30N4O2/c1-29(28)27(33)25-16-15-23-18-31(24-10-6-5-9-22(24)17-30(23)25)26(32)21-13-11-20(12-14-21)19-7-3-2-4-8-19/h5-6,9-16,19H,2-4,7-8,17-18,28H2,1H3. The molecule has 1 aliphatic heterocycles. The maximum atomic E-state index is 13.7. The van der Waals surface area contributed by atoms with Crippen LogP contribution in [0.2, 0.25) is 0 Å². The third kappa shape index (κ3) is 4.07. The molecule has 2 N–H and O–H groups in total. The van der Waals surface area contributed by atoms with Gasteiger partial charge in [-0.2, -0.15) is 0 Å². The fourth-order valence-electron chi connectivity index (χ4n) is 5.20. The number of aromatic nitrogens is 1. The molecule has 5 rings (SSSR count). The van der Waals surface area contributed by atoms with Crippen LogP contribution in [0.3, 0.4) is 0 Å². The molecule has 2 aliphatic rings. The molecule has 2 amide bonds. The minimum Gasteiger partial charge on any atom is -0.334 e. The number of benzene rings is 2. The van der Waals surface area contributed by atoms with Crippen LogP contribution in [0.5, 0.6) is 0 Å². The number of hydrogen-bond acceptors (Lipinski definition) is 3. The molecule has 1 aromatic heterocycles. The summed E-state index contributed by atoms with van der Waals surface area (Å²) in [5, 5.41) is 1.09. The molecule has 2 heterocycles. The summed E-state index contributed by atoms with van der Waals surface area (Å²) in [7, 11) is 1.54. The number of carbonyl (C=O) groups excluding carboxylic acids is 2. The Balaban J connectivity index is 1.47. The Morgan fingerprint density at radius 1 is 0.909 bits per heavy atom. The van der Waals surface area contributed by atoms with Gasteiger partial charge in [0.15, 0.2) is 0 Å². The van der Waals surface area contributed by atoms with E-state index in [4.69, 9.17) is 5.84 Å². The zero-order valence-electron chi connectivity index (χ0n) is 19.0. The minimum absolute atomic E-state index is 0.0314. The predicted octanol–water partition coefficient (Wildman–Crippen LogP) is 4.69. The lowest BCUT2D eigenvalue weighted by molar-refractivity contribution is 0.0784. The number of anilines is 1. The first-order valence-corrected chi connectivity index (χ1v) is 11.7. The summed E-state index contributed by atoms with van der Waals surface area (Å²) in [6, 6.07) is 19.8. The van der Waals surface area contributed by atoms with E-state index in [0.717, 1.165) is 22.0 Å². The molecule has 170 valence electrons. The Kier molecular flexibility index (Phi) is 5.77. The zero-order valence-corrected chi connectivity index (χ0v) is 19.0. The van der Waals surface area contributed by atoms with Crippen LogP contribution in [-0.2, 0) is 13.1 Å². The molecule has 0 radical (unpaired) electrons. The van der Waals surface area contributed by atoms with E-state index in [-0.39, 0.29) is 11.8 Å². The first-order chi connectivity index (χ1) is 16.0. The number of para-hydroxylation sites is 1. The lowest BCUT2D eigenvalue weighted by atomic mass is 9.84. The van der Waals surface area contributed by atoms with Gasteiger partial charge in [0.25, 0.3) is 11.8 Å². The van der Waals surface area contributed by atoms with Crippen LogP contribution in [0, 0.1) is 0 Å². The van der Waals surface area contributed by atoms with Gasteiger partial charge in [0.05, 0.1) is 13.1 Å². The molecule has 33 heavy (non-hydrogen) atoms. The summed E-state index contributed by atoms with van der Waals surface area (Å²) in [5.41, 5.74) is 5.32. The molecular formula is C27H30N4O2. The smallest absolute Gasteiger partial charge is 0.284 e. The monoisotopic (exact) mass is 442 g/mol. The highest BCUT2D eigenvalue weighted by Gasteiger charge is 2.28. The first-order valence-electron chi connectivity index (χ1n) is 11.7. The Labute approximate surface area is 194 Å². The molecule has 2 aromatic carbocycles. The van der Waals surface area contributed by atoms with Gasteiger partial charge >= 0.3 is 0 Å². The number of hydrogen-bond donors (Lipinski definition) is 1. The van der Waals surface area contributed by atoms with Crippen LogP contribution in [0.1, 0.15) is 75.7 Å². The van der Waals surface area contributed by atoms with Gasteiger partial charge < -0.3 is 9.47 Å². The lowest BCUT2D eigenvalue weighted by Crippen LogP contribution is -2.34. The van der Waals surface area contributed by atoms with E-state index in [0.29, 0.717) is 30.3 Å². The van der Waals surface area contributed by atoms with Gasteiger partial charge in [-0.3, -0.25) is 14.6 Å². The summed E-state index contributed by atoms with van der Waals surface area (Å²) in [5.74, 6) is 6.05. The second kappa shape index (κ2) is 8.87. The van der Waals surface area contributed by atoms with Crippen LogP contribution in [-0.4, -0.2) is 28.4 Å². The van der Waals surface area contributed by atoms with E-state index in [1.54, 1.807) is 13.1 Å². The first kappa shape index (κ1) is 21.5. The van der Waals surface area contributed by atoms with Gasteiger partial charge in [-0.15, -0.1) is 0 Å². The molecule has 0 saturated heterocycles. The van der Waals surface area contributed by atoms with E-state index in [9.17, 15) is 9.59 Å². The van der Waals surface area contributed by atoms with Gasteiger partial charge in [0.2, 0.25) is 0 Å². The van der Waals surface area contributed by atoms with Crippen molar-refractivity contribution in [3.8, 4) is 0 Å². The Morgan fingerprint density at radius 2 is 1.64 bits per heavy atom. The molecular weight excluding hydrogens is 412 g/mol. The third-order valence-electron chi connectivity index (χ3n) is 7.02. The van der Waals surface area contributed by atoms with E-state index in [2.05, 4.69) is 12.1 Å². The highest BCUT2D eigenvalue weighted by molar-refractivity contribution is 6.06. The number of nitrogens with two attached hydrogens (primary N) is 1. The van der Waals surface area contributed by atoms with Gasteiger partial charge in [0, 0.05) is 24.0 Å². The van der Waals surface area contributed by atoms with E-state index in [1.807, 2.05) is 51.9 Å². The summed E-state index contributed by atoms with van der Waals surface area (Å²) < 4.78 is 1.96. The largest absolute Gasteiger partial charge is 0.334 e. The van der Waals surface area contributed by atoms with Gasteiger partial charge in [-0.05, 0) is 60.2 Å². The Morgan fingerprint density at radius 3 is 2.36 bits per heavy atom. The van der Waals surface area contributed by atoms with Gasteiger partial charge in [-0.1, -0.05) is 49.6 Å². The number of fused-ring (bicyclic) bond motifs is 2. The van der Waals surface area contributed by atoms with Crippen molar-refractivity contribution in [2.24, 2.45) is 5.84 Å². The second-order valence-electron chi connectivity index (χ2n) is 9.19. The van der Waals surface area contributed by atoms with E-state index >= 15 is 0 Å². The van der Waals surface area contributed by atoms with Crippen LogP contribution in [0.15, 0.2) is 60.7 Å². The molecule has 6 heteroatoms. The maximum absolute atomic E-state index is 13.7. The van der Waals surface area contributed by atoms with Crippen molar-refractivity contribution >= 4 is 17.5 Å². The van der Waals surface area contributed by atoms with Crippen molar-refractivity contribution in [3.63, 3.8) is 0 Å². The molecule has 1 saturated carbocycles. The summed E-state index contributed by atoms with van der Waals surface area (Å²) >= 11 is 0. The minimum atomic E-state index is -0.253. The summed E-state index contributed by atoms with van der Waals surface area (Å²) in [4.78, 5) is 28.1. The quantitative estimate of drug-likeness (QED) is 0.363. The zero-order chi connectivity index (χ0) is 22.9. The summed E-state index contributed by atoms with van der Waals surface area (Å²) in [6.07, 6.45) is 6.39. The molecule has 1 aliphatic carbocycles. The molecule has 3 aromatic rings. The van der Waals surface area contributed by atoms with E-state index < -0.39 is 0 Å². The van der Waals surface area contributed by atoms with E-state index in [1.165, 1.54) is 37.7 Å². The van der Waals surface area contributed by atoms with Crippen LogP contribution < -0.4 is 10.7 Å². The fraction of sp³-hybridized carbons (Fsp3) is 0.333. The van der Waals surface area contributed by atoms with Crippen molar-refractivity contribution in [2.75, 3.05) is 11.9 Å². The number of amides is 2. The SMILES string of the molecule is CN(N)C(=O)c1ccc2n1Cc1ccccc1N(C(=O)c1ccc(C3CCCCC3)cc1)C2. The molecule has 0 bridgehead atoms. The number of hydrazine groups is 1. The molecule has 1 fully saturated rings. The fourth-order valence-corrected chi connectivity index (χ4v) is 5.20. The van der Waals surface area contributed by atoms with Gasteiger partial charge in [0.1, 0.15) is 5.69 Å². The maximum Gasteiger partial charge on any atom is 0.284 e. The molecule has 6 nitrogen and oxygen atoms in total. The van der Waals surface area contributed by atoms with Crippen molar-refractivity contribution in [1.29, 1.82) is 0 Å². The molecule has 0 spiro atoms. The number of nitrogens with zero attached hydrogens (tertiary/aromatic N) is 3. The second-order valence-corrected chi connectivity index (χ2v) is 9.19. The van der Waals surface area contributed by atoms with Crippen molar-refractivity contribution in [2.45, 2.75) is 51.1 Å². The van der Waals surface area contributed by atoms with Crippen molar-refractivity contribution in [3.05, 3.63) is 88.7 Å². The third-order valence-corrected chi connectivity index (χ3v) is 7.02. The lowest BCUT2D eigenvalue weighted by Gasteiger charge is -2.24.